The molecule has 3 N–H and O–H groups in total. The van der Waals surface area contributed by atoms with Gasteiger partial charge in [0.05, 0.1) is 5.02 Å². The van der Waals surface area contributed by atoms with Gasteiger partial charge in [-0.05, 0) is 30.5 Å². The molecule has 1 aliphatic heterocycles. The first kappa shape index (κ1) is 12.7. The molecule has 0 spiro atoms. The van der Waals surface area contributed by atoms with Gasteiger partial charge in [0.15, 0.2) is 5.82 Å². The van der Waals surface area contributed by atoms with E-state index in [2.05, 4.69) is 15.5 Å². The van der Waals surface area contributed by atoms with E-state index in [1.165, 1.54) is 0 Å². The normalized spacial score (nSPS) is 21.0. The van der Waals surface area contributed by atoms with Crippen LogP contribution in [0, 0.1) is 0 Å². The number of halogens is 1. The van der Waals surface area contributed by atoms with Gasteiger partial charge < -0.3 is 10.4 Å². The Labute approximate surface area is 126 Å². The summed E-state index contributed by atoms with van der Waals surface area (Å²) < 4.78 is 0. The van der Waals surface area contributed by atoms with Gasteiger partial charge in [-0.3, -0.25) is 9.89 Å². The molecular formula is C15H14ClN3O2. The standard InChI is InChI=1S/C15H14ClN3O2/c16-10-5-8(3-4-11(10)20)9-6-12(21)17-15-13(9)14(18-19-15)7-1-2-7/h3-5,7,9,20H,1-2,6H2,(H2,17,18,19,21). The summed E-state index contributed by atoms with van der Waals surface area (Å²) in [6.45, 7) is 0. The van der Waals surface area contributed by atoms with Crippen LogP contribution in [0.3, 0.4) is 0 Å². The Bertz CT molecular complexity index is 737. The van der Waals surface area contributed by atoms with Crippen LogP contribution in [0.4, 0.5) is 5.82 Å². The number of benzene rings is 1. The van der Waals surface area contributed by atoms with Crippen molar-refractivity contribution in [1.82, 2.24) is 10.2 Å². The molecule has 2 aromatic rings. The minimum atomic E-state index is -0.0683. The smallest absolute Gasteiger partial charge is 0.226 e. The number of hydrogen-bond acceptors (Lipinski definition) is 3. The Morgan fingerprint density at radius 3 is 2.86 bits per heavy atom. The van der Waals surface area contributed by atoms with Crippen molar-refractivity contribution in [3.63, 3.8) is 0 Å². The number of aromatic hydroxyl groups is 1. The summed E-state index contributed by atoms with van der Waals surface area (Å²) in [6.07, 6.45) is 2.69. The van der Waals surface area contributed by atoms with Gasteiger partial charge in [0.2, 0.25) is 5.91 Å². The molecule has 0 radical (unpaired) electrons. The van der Waals surface area contributed by atoms with Gasteiger partial charge in [0.25, 0.3) is 0 Å². The SMILES string of the molecule is O=C1CC(c2ccc(O)c(Cl)c2)c2c(n[nH]c2C2CC2)N1. The highest BCUT2D eigenvalue weighted by molar-refractivity contribution is 6.32. The average Bonchev–Trinajstić information content (AvgIpc) is 3.21. The Morgan fingerprint density at radius 1 is 1.33 bits per heavy atom. The van der Waals surface area contributed by atoms with E-state index in [-0.39, 0.29) is 17.6 Å². The van der Waals surface area contributed by atoms with Crippen molar-refractivity contribution in [3.8, 4) is 5.75 Å². The van der Waals surface area contributed by atoms with E-state index in [1.54, 1.807) is 12.1 Å². The van der Waals surface area contributed by atoms with Crippen LogP contribution in [0.15, 0.2) is 18.2 Å². The number of amides is 1. The molecule has 1 saturated carbocycles. The lowest BCUT2D eigenvalue weighted by molar-refractivity contribution is -0.116. The number of fused-ring (bicyclic) bond motifs is 1. The van der Waals surface area contributed by atoms with Crippen LogP contribution in [0.1, 0.15) is 47.9 Å². The first-order chi connectivity index (χ1) is 10.1. The van der Waals surface area contributed by atoms with E-state index >= 15 is 0 Å². The number of phenols is 1. The number of aromatic nitrogens is 2. The van der Waals surface area contributed by atoms with E-state index in [9.17, 15) is 9.90 Å². The van der Waals surface area contributed by atoms with Crippen LogP contribution >= 0.6 is 11.6 Å². The van der Waals surface area contributed by atoms with Crippen molar-refractivity contribution in [2.75, 3.05) is 5.32 Å². The fraction of sp³-hybridized carbons (Fsp3) is 0.333. The highest BCUT2D eigenvalue weighted by atomic mass is 35.5. The summed E-state index contributed by atoms with van der Waals surface area (Å²) in [5.41, 5.74) is 3.12. The average molecular weight is 304 g/mol. The van der Waals surface area contributed by atoms with E-state index in [0.29, 0.717) is 23.2 Å². The molecule has 1 aliphatic carbocycles. The third kappa shape index (κ3) is 2.08. The van der Waals surface area contributed by atoms with Gasteiger partial charge in [-0.2, -0.15) is 5.10 Å². The first-order valence-electron chi connectivity index (χ1n) is 7.00. The third-order valence-electron chi connectivity index (χ3n) is 4.19. The fourth-order valence-electron chi connectivity index (χ4n) is 2.99. The molecule has 1 amide bonds. The van der Waals surface area contributed by atoms with Gasteiger partial charge in [0.1, 0.15) is 5.75 Å². The molecule has 1 unspecified atom stereocenters. The van der Waals surface area contributed by atoms with E-state index in [1.807, 2.05) is 6.07 Å². The number of phenolic OH excluding ortho intramolecular Hbond substituents is 1. The number of nitrogens with zero attached hydrogens (tertiary/aromatic N) is 1. The minimum Gasteiger partial charge on any atom is -0.506 e. The van der Waals surface area contributed by atoms with Crippen molar-refractivity contribution in [2.24, 2.45) is 0 Å². The summed E-state index contributed by atoms with van der Waals surface area (Å²) >= 11 is 6.01. The van der Waals surface area contributed by atoms with Gasteiger partial charge in [-0.1, -0.05) is 17.7 Å². The summed E-state index contributed by atoms with van der Waals surface area (Å²) in [7, 11) is 0. The second-order valence-corrected chi connectivity index (χ2v) is 6.10. The maximum atomic E-state index is 11.9. The topological polar surface area (TPSA) is 78.0 Å². The first-order valence-corrected chi connectivity index (χ1v) is 7.37. The van der Waals surface area contributed by atoms with Crippen LogP contribution < -0.4 is 5.32 Å². The summed E-state index contributed by atoms with van der Waals surface area (Å²) in [5, 5.41) is 20.0. The second-order valence-electron chi connectivity index (χ2n) is 5.69. The Balaban J connectivity index is 1.83. The van der Waals surface area contributed by atoms with Crippen molar-refractivity contribution < 1.29 is 9.90 Å². The van der Waals surface area contributed by atoms with Crippen molar-refractivity contribution in [3.05, 3.63) is 40.0 Å². The number of aromatic amines is 1. The maximum absolute atomic E-state index is 11.9. The van der Waals surface area contributed by atoms with Gasteiger partial charge in [-0.25, -0.2) is 0 Å². The number of rotatable bonds is 2. The van der Waals surface area contributed by atoms with Crippen LogP contribution in [0.5, 0.6) is 5.75 Å². The van der Waals surface area contributed by atoms with Gasteiger partial charge in [-0.15, -0.1) is 0 Å². The zero-order valence-electron chi connectivity index (χ0n) is 11.2. The Kier molecular flexibility index (Phi) is 2.72. The molecule has 0 saturated heterocycles. The lowest BCUT2D eigenvalue weighted by atomic mass is 9.85. The molecule has 2 heterocycles. The number of nitrogens with one attached hydrogen (secondary N) is 2. The number of carbonyl (C=O) groups is 1. The van der Waals surface area contributed by atoms with Crippen molar-refractivity contribution in [1.29, 1.82) is 0 Å². The molecule has 0 bridgehead atoms. The number of anilines is 1. The molecule has 4 rings (SSSR count). The second kappa shape index (κ2) is 4.49. The lowest BCUT2D eigenvalue weighted by Gasteiger charge is -2.23. The molecule has 108 valence electrons. The molecular weight excluding hydrogens is 290 g/mol. The fourth-order valence-corrected chi connectivity index (χ4v) is 3.18. The van der Waals surface area contributed by atoms with Gasteiger partial charge in [0, 0.05) is 29.5 Å². The quantitative estimate of drug-likeness (QED) is 0.797. The molecule has 6 heteroatoms. The summed E-state index contributed by atoms with van der Waals surface area (Å²) in [6, 6.07) is 5.12. The molecule has 2 aliphatic rings. The molecule has 1 atom stereocenters. The Hall–Kier alpha value is -2.01. The molecule has 5 nitrogen and oxygen atoms in total. The summed E-state index contributed by atoms with van der Waals surface area (Å²) in [5.74, 6) is 1.08. The number of hydrogen-bond donors (Lipinski definition) is 3. The zero-order chi connectivity index (χ0) is 14.6. The van der Waals surface area contributed by atoms with Crippen LogP contribution in [0.2, 0.25) is 5.02 Å². The van der Waals surface area contributed by atoms with E-state index < -0.39 is 0 Å². The zero-order valence-corrected chi connectivity index (χ0v) is 11.9. The van der Waals surface area contributed by atoms with Gasteiger partial charge >= 0.3 is 0 Å². The van der Waals surface area contributed by atoms with E-state index in [0.717, 1.165) is 29.7 Å². The third-order valence-corrected chi connectivity index (χ3v) is 4.49. The Morgan fingerprint density at radius 2 is 2.14 bits per heavy atom. The highest BCUT2D eigenvalue weighted by Gasteiger charge is 2.37. The maximum Gasteiger partial charge on any atom is 0.226 e. The number of H-pyrrole nitrogens is 1. The van der Waals surface area contributed by atoms with Crippen molar-refractivity contribution in [2.45, 2.75) is 31.1 Å². The van der Waals surface area contributed by atoms with E-state index in [4.69, 9.17) is 11.6 Å². The highest BCUT2D eigenvalue weighted by Crippen LogP contribution is 2.48. The minimum absolute atomic E-state index is 0.0504. The predicted octanol–water partition coefficient (Wildman–Crippen LogP) is 3.12. The predicted molar refractivity (Wildman–Crippen MR) is 78.8 cm³/mol. The van der Waals surface area contributed by atoms with Crippen LogP contribution in [-0.2, 0) is 4.79 Å². The van der Waals surface area contributed by atoms with Crippen LogP contribution in [-0.4, -0.2) is 21.2 Å². The molecule has 21 heavy (non-hydrogen) atoms. The number of carbonyl (C=O) groups excluding carboxylic acids is 1. The monoisotopic (exact) mass is 303 g/mol. The largest absolute Gasteiger partial charge is 0.506 e. The lowest BCUT2D eigenvalue weighted by Crippen LogP contribution is -2.23. The van der Waals surface area contributed by atoms with Crippen LogP contribution in [0.25, 0.3) is 0 Å². The molecule has 1 aromatic heterocycles. The molecule has 1 fully saturated rings. The van der Waals surface area contributed by atoms with Crippen molar-refractivity contribution >= 4 is 23.3 Å². The molecule has 1 aromatic carbocycles. The summed E-state index contributed by atoms with van der Waals surface area (Å²) in [4.78, 5) is 11.9.